The number of carbonyl (C=O) groups excluding carboxylic acids is 2. The van der Waals surface area contributed by atoms with Crippen molar-refractivity contribution < 1.29 is 45.1 Å². The third kappa shape index (κ3) is 5.05. The summed E-state index contributed by atoms with van der Waals surface area (Å²) in [4.78, 5) is 26.4. The lowest BCUT2D eigenvalue weighted by Crippen LogP contribution is -2.22. The van der Waals surface area contributed by atoms with Crippen LogP contribution in [0.2, 0.25) is 0 Å². The summed E-state index contributed by atoms with van der Waals surface area (Å²) < 4.78 is 100. The van der Waals surface area contributed by atoms with Gasteiger partial charge in [-0.25, -0.2) is 13.5 Å². The number of aryl methyl sites for hydroxylation is 2. The summed E-state index contributed by atoms with van der Waals surface area (Å²) >= 11 is 0. The van der Waals surface area contributed by atoms with E-state index in [0.29, 0.717) is 29.7 Å². The molecule has 2 heterocycles. The van der Waals surface area contributed by atoms with E-state index in [2.05, 4.69) is 20.5 Å². The summed E-state index contributed by atoms with van der Waals surface area (Å²) in [6, 6.07) is 5.25. The number of hydrogen-bond donors (Lipinski definition) is 2. The topological polar surface area (TPSA) is 85.3 Å². The summed E-state index contributed by atoms with van der Waals surface area (Å²) in [5.74, 6) is -4.34. The second kappa shape index (κ2) is 10.1. The molecule has 0 spiro atoms. The molecule has 3 aromatic carbocycles. The first-order valence-corrected chi connectivity index (χ1v) is 12.0. The molecular weight excluding hydrogens is 561 g/mol. The number of hydrogen-bond acceptors (Lipinski definition) is 4. The smallest absolute Gasteiger partial charge is 0.416 e. The van der Waals surface area contributed by atoms with Crippen molar-refractivity contribution in [3.8, 4) is 5.88 Å². The van der Waals surface area contributed by atoms with Crippen LogP contribution in [0.1, 0.15) is 55.9 Å². The molecule has 14 heteroatoms. The number of carbonyl (C=O) groups is 2. The summed E-state index contributed by atoms with van der Waals surface area (Å²) in [5, 5.41) is 9.09. The maximum atomic E-state index is 14.3. The van der Waals surface area contributed by atoms with Gasteiger partial charge < -0.3 is 15.4 Å². The Hall–Kier alpha value is -4.62. The van der Waals surface area contributed by atoms with Gasteiger partial charge in [0.1, 0.15) is 17.2 Å². The maximum absolute atomic E-state index is 14.3. The highest BCUT2D eigenvalue weighted by atomic mass is 19.4. The number of fused-ring (bicyclic) bond motifs is 3. The number of ether oxygens (including phenoxy) is 1. The molecule has 0 saturated carbocycles. The van der Waals surface area contributed by atoms with Crippen molar-refractivity contribution in [3.05, 3.63) is 87.5 Å². The molecule has 1 aliphatic rings. The maximum Gasteiger partial charge on any atom is 0.416 e. The second-order valence-electron chi connectivity index (χ2n) is 9.20. The summed E-state index contributed by atoms with van der Waals surface area (Å²) in [6.45, 7) is -1.50. The van der Waals surface area contributed by atoms with Crippen molar-refractivity contribution in [3.63, 3.8) is 0 Å². The van der Waals surface area contributed by atoms with E-state index in [4.69, 9.17) is 0 Å². The molecule has 0 radical (unpaired) electrons. The minimum atomic E-state index is -4.95. The fourth-order valence-corrected chi connectivity index (χ4v) is 4.93. The molecule has 1 unspecified atom stereocenters. The highest BCUT2D eigenvalue weighted by Crippen LogP contribution is 2.44. The minimum absolute atomic E-state index is 0.0605. The van der Waals surface area contributed by atoms with Crippen LogP contribution in [0.25, 0.3) is 10.9 Å². The van der Waals surface area contributed by atoms with E-state index < -0.39 is 59.3 Å². The molecule has 1 aliphatic heterocycles. The Bertz CT molecular complexity index is 1720. The third-order valence-electron chi connectivity index (χ3n) is 6.64. The van der Waals surface area contributed by atoms with Crippen LogP contribution in [0.15, 0.2) is 42.5 Å². The van der Waals surface area contributed by atoms with E-state index in [1.54, 1.807) is 6.92 Å². The molecule has 2 N–H and O–H groups in total. The highest BCUT2D eigenvalue weighted by Gasteiger charge is 2.38. The zero-order valence-electron chi connectivity index (χ0n) is 21.2. The van der Waals surface area contributed by atoms with Crippen LogP contribution in [0, 0.1) is 11.6 Å². The minimum Gasteiger partial charge on any atom is -0.417 e. The predicted octanol–water partition coefficient (Wildman–Crippen LogP) is 6.12. The lowest BCUT2D eigenvalue weighted by atomic mass is 9.91. The van der Waals surface area contributed by atoms with Gasteiger partial charge in [0.05, 0.1) is 22.6 Å². The van der Waals surface area contributed by atoms with Gasteiger partial charge in [-0.1, -0.05) is 13.0 Å². The standard InChI is InChI=1S/C27H19F7N4O3/c1-3-11-4-5-14(28)9-16(11)21-19-18(35-23(39)12-6-13(27(32,33)34)8-15(29)7-12)10-17-22(20(19)24(40)36-21)37-38(2)25(17)41-26(30)31/h4-10,21,26H,3H2,1-2H3,(H,35,39)(H,36,40). The highest BCUT2D eigenvalue weighted by molar-refractivity contribution is 6.15. The fraction of sp³-hybridized carbons (Fsp3) is 0.222. The molecule has 5 rings (SSSR count). The second-order valence-corrected chi connectivity index (χ2v) is 9.20. The van der Waals surface area contributed by atoms with Gasteiger partial charge in [-0.3, -0.25) is 9.59 Å². The number of halogens is 7. The zero-order valence-corrected chi connectivity index (χ0v) is 21.2. The first-order valence-electron chi connectivity index (χ1n) is 12.0. The lowest BCUT2D eigenvalue weighted by molar-refractivity contribution is -0.137. The molecule has 7 nitrogen and oxygen atoms in total. The van der Waals surface area contributed by atoms with E-state index in [-0.39, 0.29) is 33.8 Å². The van der Waals surface area contributed by atoms with E-state index in [1.165, 1.54) is 31.3 Å². The molecule has 1 aromatic heterocycles. The van der Waals surface area contributed by atoms with Crippen molar-refractivity contribution in [1.82, 2.24) is 15.1 Å². The van der Waals surface area contributed by atoms with Crippen LogP contribution in [0.3, 0.4) is 0 Å². The predicted molar refractivity (Wildman–Crippen MR) is 132 cm³/mol. The Morgan fingerprint density at radius 1 is 1.12 bits per heavy atom. The monoisotopic (exact) mass is 580 g/mol. The van der Waals surface area contributed by atoms with E-state index in [9.17, 15) is 40.3 Å². The lowest BCUT2D eigenvalue weighted by Gasteiger charge is -2.20. The normalized spacial score (nSPS) is 14.9. The van der Waals surface area contributed by atoms with Gasteiger partial charge in [0.25, 0.3) is 11.8 Å². The van der Waals surface area contributed by atoms with Gasteiger partial charge in [-0.15, -0.1) is 0 Å². The number of nitrogens with zero attached hydrogens (tertiary/aromatic N) is 2. The number of nitrogens with one attached hydrogen (secondary N) is 2. The van der Waals surface area contributed by atoms with Crippen LogP contribution in [0.5, 0.6) is 5.88 Å². The third-order valence-corrected chi connectivity index (χ3v) is 6.64. The van der Waals surface area contributed by atoms with E-state index in [1.807, 2.05) is 0 Å². The van der Waals surface area contributed by atoms with Crippen molar-refractivity contribution in [2.45, 2.75) is 32.2 Å². The fourth-order valence-electron chi connectivity index (χ4n) is 4.93. The molecule has 41 heavy (non-hydrogen) atoms. The van der Waals surface area contributed by atoms with Crippen LogP contribution < -0.4 is 15.4 Å². The Labute approximate surface area is 226 Å². The van der Waals surface area contributed by atoms with Crippen molar-refractivity contribution in [1.29, 1.82) is 0 Å². The molecule has 4 aromatic rings. The Balaban J connectivity index is 1.73. The quantitative estimate of drug-likeness (QED) is 0.269. The summed E-state index contributed by atoms with van der Waals surface area (Å²) in [7, 11) is 1.28. The molecule has 214 valence electrons. The number of aromatic nitrogens is 2. The Kier molecular flexibility index (Phi) is 6.87. The van der Waals surface area contributed by atoms with Gasteiger partial charge in [0.2, 0.25) is 5.88 Å². The van der Waals surface area contributed by atoms with E-state index in [0.717, 1.165) is 4.68 Å². The first kappa shape index (κ1) is 27.9. The average molecular weight is 580 g/mol. The molecule has 0 saturated heterocycles. The Morgan fingerprint density at radius 3 is 2.51 bits per heavy atom. The summed E-state index contributed by atoms with van der Waals surface area (Å²) in [6.07, 6.45) is -4.54. The van der Waals surface area contributed by atoms with Gasteiger partial charge >= 0.3 is 12.8 Å². The first-order chi connectivity index (χ1) is 19.3. The SMILES string of the molecule is CCc1ccc(F)cc1C1NC(=O)c2c1c(NC(=O)c1cc(F)cc(C(F)(F)F)c1)cc1c(OC(F)F)n(C)nc21. The van der Waals surface area contributed by atoms with Crippen molar-refractivity contribution in [2.24, 2.45) is 7.05 Å². The molecule has 1 atom stereocenters. The van der Waals surface area contributed by atoms with Crippen LogP contribution >= 0.6 is 0 Å². The Morgan fingerprint density at radius 2 is 1.85 bits per heavy atom. The van der Waals surface area contributed by atoms with Gasteiger partial charge in [-0.2, -0.15) is 27.1 Å². The summed E-state index contributed by atoms with van der Waals surface area (Å²) in [5.41, 5.74) is -1.52. The van der Waals surface area contributed by atoms with Crippen LogP contribution in [-0.4, -0.2) is 28.2 Å². The molecule has 2 amide bonds. The zero-order chi connectivity index (χ0) is 29.8. The number of rotatable bonds is 6. The van der Waals surface area contributed by atoms with Crippen LogP contribution in [0.4, 0.5) is 36.4 Å². The molecule has 0 fully saturated rings. The number of amides is 2. The van der Waals surface area contributed by atoms with Gasteiger partial charge in [0, 0.05) is 23.9 Å². The van der Waals surface area contributed by atoms with Crippen molar-refractivity contribution in [2.75, 3.05) is 5.32 Å². The van der Waals surface area contributed by atoms with Crippen molar-refractivity contribution >= 4 is 28.4 Å². The largest absolute Gasteiger partial charge is 0.417 e. The van der Waals surface area contributed by atoms with Gasteiger partial charge in [-0.05, 0) is 53.9 Å². The van der Waals surface area contributed by atoms with Gasteiger partial charge in [0.15, 0.2) is 0 Å². The number of anilines is 1. The number of benzene rings is 3. The molecular formula is C27H19F7N4O3. The molecule has 0 aliphatic carbocycles. The molecule has 0 bridgehead atoms. The van der Waals surface area contributed by atoms with E-state index >= 15 is 0 Å². The average Bonchev–Trinajstić information content (AvgIpc) is 3.39. The number of alkyl halides is 5. The van der Waals surface area contributed by atoms with Crippen LogP contribution in [-0.2, 0) is 19.6 Å².